The fraction of sp³-hybridized carbons (Fsp3) is 0.267. The van der Waals surface area contributed by atoms with Crippen molar-refractivity contribution in [3.63, 3.8) is 0 Å². The molecule has 4 aliphatic rings. The molecule has 4 atom stereocenters. The van der Waals surface area contributed by atoms with E-state index in [1.54, 1.807) is 49.4 Å². The first-order valence-electron chi connectivity index (χ1n) is 12.4. The van der Waals surface area contributed by atoms with Gasteiger partial charge in [-0.05, 0) is 73.7 Å². The lowest BCUT2D eigenvalue weighted by Gasteiger charge is -2.42. The Kier molecular flexibility index (Phi) is 5.76. The zero-order valence-corrected chi connectivity index (χ0v) is 22.3. The van der Waals surface area contributed by atoms with Crippen LogP contribution in [-0.4, -0.2) is 35.6 Å². The first kappa shape index (κ1) is 24.6. The Labute approximate surface area is 227 Å². The van der Waals surface area contributed by atoms with E-state index in [4.69, 9.17) is 4.74 Å². The summed E-state index contributed by atoms with van der Waals surface area (Å²) < 4.78 is 6.04. The summed E-state index contributed by atoms with van der Waals surface area (Å²) in [6.45, 7) is 1.62. The number of imide groups is 1. The van der Waals surface area contributed by atoms with Gasteiger partial charge in [0.05, 0.1) is 24.6 Å². The zero-order chi connectivity index (χ0) is 26.9. The third-order valence-corrected chi connectivity index (χ3v) is 8.71. The minimum Gasteiger partial charge on any atom is -0.504 e. The lowest BCUT2D eigenvalue weighted by Crippen LogP contribution is -2.39. The van der Waals surface area contributed by atoms with E-state index in [9.17, 15) is 24.3 Å². The summed E-state index contributed by atoms with van der Waals surface area (Å²) in [6.07, 6.45) is 3.88. The van der Waals surface area contributed by atoms with Crippen LogP contribution in [0.4, 0.5) is 5.69 Å². The minimum absolute atomic E-state index is 0.0843. The number of benzene rings is 2. The smallest absolute Gasteiger partial charge is 0.238 e. The van der Waals surface area contributed by atoms with Gasteiger partial charge in [-0.2, -0.15) is 0 Å². The molecule has 0 radical (unpaired) electrons. The first-order chi connectivity index (χ1) is 18.2. The summed E-state index contributed by atoms with van der Waals surface area (Å²) in [5.74, 6) is -3.04. The van der Waals surface area contributed by atoms with E-state index in [2.05, 4.69) is 15.9 Å². The fourth-order valence-electron chi connectivity index (χ4n) is 6.47. The molecule has 1 N–H and O–H groups in total. The normalized spacial score (nSPS) is 26.6. The van der Waals surface area contributed by atoms with Gasteiger partial charge in [-0.1, -0.05) is 33.6 Å². The van der Waals surface area contributed by atoms with Gasteiger partial charge in [-0.15, -0.1) is 0 Å². The number of allylic oxidation sites excluding steroid dienone is 6. The number of phenols is 1. The number of hydrogen-bond donors (Lipinski definition) is 1. The van der Waals surface area contributed by atoms with Crippen LogP contribution in [0.2, 0.25) is 0 Å². The van der Waals surface area contributed by atoms with E-state index in [-0.39, 0.29) is 41.3 Å². The van der Waals surface area contributed by atoms with Crippen LogP contribution in [0.5, 0.6) is 11.5 Å². The molecule has 1 saturated heterocycles. The van der Waals surface area contributed by atoms with Crippen molar-refractivity contribution in [3.05, 3.63) is 86.9 Å². The number of ether oxygens (including phenoxy) is 1. The van der Waals surface area contributed by atoms with Crippen molar-refractivity contribution in [2.45, 2.75) is 25.7 Å². The number of hydrogen-bond acceptors (Lipinski definition) is 6. The fourth-order valence-corrected chi connectivity index (χ4v) is 6.74. The van der Waals surface area contributed by atoms with Gasteiger partial charge in [0.1, 0.15) is 0 Å². The van der Waals surface area contributed by atoms with Gasteiger partial charge in [-0.25, -0.2) is 0 Å². The Bertz CT molecular complexity index is 1530. The molecule has 0 aromatic heterocycles. The molecule has 3 aliphatic carbocycles. The number of carbonyl (C=O) groups is 4. The molecular formula is C30H24BrNO6. The van der Waals surface area contributed by atoms with Crippen molar-refractivity contribution in [1.82, 2.24) is 0 Å². The van der Waals surface area contributed by atoms with E-state index in [1.807, 2.05) is 6.08 Å². The molecule has 0 saturated carbocycles. The second-order valence-corrected chi connectivity index (χ2v) is 11.1. The van der Waals surface area contributed by atoms with Gasteiger partial charge in [0.25, 0.3) is 0 Å². The molecule has 2 amide bonds. The van der Waals surface area contributed by atoms with Crippen LogP contribution < -0.4 is 9.64 Å². The lowest BCUT2D eigenvalue weighted by molar-refractivity contribution is -0.123. The largest absolute Gasteiger partial charge is 0.504 e. The van der Waals surface area contributed by atoms with Crippen LogP contribution in [0.1, 0.15) is 31.2 Å². The summed E-state index contributed by atoms with van der Waals surface area (Å²) in [5.41, 5.74) is 3.10. The Morgan fingerprint density at radius 3 is 2.42 bits per heavy atom. The van der Waals surface area contributed by atoms with Crippen LogP contribution in [0.3, 0.4) is 0 Å². The highest BCUT2D eigenvalue weighted by atomic mass is 79.9. The number of phenolic OH excluding ortho intramolecular Hbond substituents is 1. The number of anilines is 1. The van der Waals surface area contributed by atoms with Crippen LogP contribution in [-0.2, 0) is 19.2 Å². The van der Waals surface area contributed by atoms with E-state index < -0.39 is 23.7 Å². The Hall–Kier alpha value is -3.78. The van der Waals surface area contributed by atoms with E-state index >= 15 is 0 Å². The number of carbonyl (C=O) groups excluding carboxylic acids is 4. The number of rotatable bonds is 3. The second-order valence-electron chi connectivity index (χ2n) is 10.1. The Morgan fingerprint density at radius 2 is 1.74 bits per heavy atom. The lowest BCUT2D eigenvalue weighted by atomic mass is 9.59. The molecular weight excluding hydrogens is 550 g/mol. The van der Waals surface area contributed by atoms with Gasteiger partial charge >= 0.3 is 0 Å². The van der Waals surface area contributed by atoms with E-state index in [0.29, 0.717) is 34.4 Å². The van der Waals surface area contributed by atoms with Crippen LogP contribution >= 0.6 is 15.9 Å². The monoisotopic (exact) mass is 573 g/mol. The molecule has 1 aliphatic heterocycles. The third kappa shape index (κ3) is 3.54. The van der Waals surface area contributed by atoms with Gasteiger partial charge in [0, 0.05) is 27.1 Å². The zero-order valence-electron chi connectivity index (χ0n) is 20.7. The van der Waals surface area contributed by atoms with Gasteiger partial charge in [-0.3, -0.25) is 24.1 Å². The van der Waals surface area contributed by atoms with Crippen LogP contribution in [0.25, 0.3) is 0 Å². The number of Topliss-reactive ketones (excluding diaryl/α,β-unsaturated/α-hetero) is 1. The number of ketones is 2. The number of halogens is 1. The SMILES string of the molecule is COc1ccc([C@H]2C3=CC[C@@H]4C(=O)N(c5ccc(Br)cc5)C(=O)[C@@H]4[C@@H]3CC3=C2C(=O)C(C)=CC3=O)cc1O. The van der Waals surface area contributed by atoms with Gasteiger partial charge in [0.15, 0.2) is 23.1 Å². The predicted molar refractivity (Wildman–Crippen MR) is 143 cm³/mol. The number of methoxy groups -OCH3 is 1. The Morgan fingerprint density at radius 1 is 1.00 bits per heavy atom. The topological polar surface area (TPSA) is 101 Å². The molecule has 0 bridgehead atoms. The van der Waals surface area contributed by atoms with Crippen molar-refractivity contribution in [3.8, 4) is 11.5 Å². The van der Waals surface area contributed by atoms with Gasteiger partial charge < -0.3 is 9.84 Å². The van der Waals surface area contributed by atoms with Crippen LogP contribution in [0.15, 0.2) is 81.4 Å². The highest BCUT2D eigenvalue weighted by Gasteiger charge is 2.56. The molecule has 0 unspecified atom stereocenters. The molecule has 1 heterocycles. The van der Waals surface area contributed by atoms with Crippen molar-refractivity contribution < 1.29 is 29.0 Å². The standard InChI is InChI=1S/C30H24BrNO6/c1-14-11-22(33)21-13-20-18(25(27(21)28(14)35)15-3-10-24(38-2)23(34)12-15)8-9-19-26(20)30(37)32(29(19)36)17-6-4-16(31)5-7-17/h3-8,10-12,19-20,25-26,34H,9,13H2,1-2H3/t19-,20+,25-,26-/m0/s1. The molecule has 0 spiro atoms. The number of fused-ring (bicyclic) bond motifs is 3. The number of nitrogens with zero attached hydrogens (tertiary/aromatic N) is 1. The molecule has 2 aromatic rings. The molecule has 7 nitrogen and oxygen atoms in total. The van der Waals surface area contributed by atoms with Gasteiger partial charge in [0.2, 0.25) is 11.8 Å². The molecule has 1 fully saturated rings. The van der Waals surface area contributed by atoms with Crippen molar-refractivity contribution >= 4 is 45.0 Å². The minimum atomic E-state index is -0.649. The highest BCUT2D eigenvalue weighted by molar-refractivity contribution is 9.10. The molecule has 38 heavy (non-hydrogen) atoms. The summed E-state index contributed by atoms with van der Waals surface area (Å²) in [5, 5.41) is 10.6. The summed E-state index contributed by atoms with van der Waals surface area (Å²) in [6, 6.07) is 12.0. The van der Waals surface area contributed by atoms with Crippen LogP contribution in [0, 0.1) is 17.8 Å². The highest BCUT2D eigenvalue weighted by Crippen LogP contribution is 2.55. The van der Waals surface area contributed by atoms with Crippen molar-refractivity contribution in [2.24, 2.45) is 17.8 Å². The third-order valence-electron chi connectivity index (χ3n) is 8.19. The quantitative estimate of drug-likeness (QED) is 0.321. The first-order valence-corrected chi connectivity index (χ1v) is 13.2. The molecule has 6 rings (SSSR count). The maximum atomic E-state index is 13.9. The molecule has 192 valence electrons. The molecule has 2 aromatic carbocycles. The second kappa shape index (κ2) is 8.91. The maximum absolute atomic E-state index is 13.9. The van der Waals surface area contributed by atoms with Crippen molar-refractivity contribution in [2.75, 3.05) is 12.0 Å². The van der Waals surface area contributed by atoms with E-state index in [1.165, 1.54) is 18.1 Å². The predicted octanol–water partition coefficient (Wildman–Crippen LogP) is 4.80. The average Bonchev–Trinajstić information content (AvgIpc) is 3.16. The number of aromatic hydroxyl groups is 1. The Balaban J connectivity index is 1.48. The number of amides is 2. The van der Waals surface area contributed by atoms with E-state index in [0.717, 1.165) is 10.0 Å². The molecule has 8 heteroatoms. The van der Waals surface area contributed by atoms with Crippen molar-refractivity contribution in [1.29, 1.82) is 0 Å². The summed E-state index contributed by atoms with van der Waals surface area (Å²) in [4.78, 5) is 55.3. The maximum Gasteiger partial charge on any atom is 0.238 e. The average molecular weight is 574 g/mol. The summed E-state index contributed by atoms with van der Waals surface area (Å²) >= 11 is 3.39. The summed E-state index contributed by atoms with van der Waals surface area (Å²) in [7, 11) is 1.45.